The van der Waals surface area contributed by atoms with E-state index in [1.807, 2.05) is 43.3 Å². The number of nitrogens with one attached hydrogen (secondary N) is 1. The number of amides is 1. The molecule has 3 rings (SSSR count). The quantitative estimate of drug-likeness (QED) is 0.482. The Morgan fingerprint density at radius 1 is 1.12 bits per heavy atom. The summed E-state index contributed by atoms with van der Waals surface area (Å²) in [4.78, 5) is 12.0. The van der Waals surface area contributed by atoms with Crippen LogP contribution in [0, 0.1) is 6.92 Å². The van der Waals surface area contributed by atoms with Crippen LogP contribution < -0.4 is 5.32 Å². The normalized spacial score (nSPS) is 24.8. The number of benzene rings is 2. The van der Waals surface area contributed by atoms with Gasteiger partial charge in [0.2, 0.25) is 0 Å². The number of rotatable bonds is 8. The molecule has 3 unspecified atom stereocenters. The third-order valence-corrected chi connectivity index (χ3v) is 5.97. The predicted molar refractivity (Wildman–Crippen MR) is 118 cm³/mol. The average Bonchev–Trinajstić information content (AvgIpc) is 3.10. The molecule has 1 aliphatic rings. The first-order valence-electron chi connectivity index (χ1n) is 10.5. The molecule has 0 saturated carbocycles. The van der Waals surface area contributed by atoms with Crippen molar-refractivity contribution < 1.29 is 34.3 Å². The van der Waals surface area contributed by atoms with Crippen molar-refractivity contribution in [2.24, 2.45) is 0 Å². The molecule has 1 heterocycles. The highest BCUT2D eigenvalue weighted by Crippen LogP contribution is 2.35. The molecule has 0 aromatic heterocycles. The van der Waals surface area contributed by atoms with Crippen LogP contribution in [-0.4, -0.2) is 79.6 Å². The first-order valence-corrected chi connectivity index (χ1v) is 10.5. The number of methoxy groups -OCH3 is 2. The van der Waals surface area contributed by atoms with Gasteiger partial charge in [0.1, 0.15) is 36.6 Å². The van der Waals surface area contributed by atoms with Gasteiger partial charge in [-0.15, -0.1) is 0 Å². The summed E-state index contributed by atoms with van der Waals surface area (Å²) in [6.45, 7) is 1.55. The highest BCUT2D eigenvalue weighted by Gasteiger charge is 2.48. The summed E-state index contributed by atoms with van der Waals surface area (Å²) < 4.78 is 17.0. The fourth-order valence-electron chi connectivity index (χ4n) is 4.25. The zero-order chi connectivity index (χ0) is 23.4. The number of hydrogen-bond donors (Lipinski definition) is 4. The van der Waals surface area contributed by atoms with Crippen LogP contribution in [0.3, 0.4) is 0 Å². The molecular formula is C24H31NO7. The van der Waals surface area contributed by atoms with Gasteiger partial charge in [-0.3, -0.25) is 4.79 Å². The smallest absolute Gasteiger partial charge is 0.251 e. The summed E-state index contributed by atoms with van der Waals surface area (Å²) >= 11 is 0. The Hall–Kier alpha value is -2.33. The molecule has 0 bridgehead atoms. The molecule has 2 aromatic rings. The van der Waals surface area contributed by atoms with E-state index in [9.17, 15) is 20.1 Å². The molecule has 0 aliphatic carbocycles. The molecular weight excluding hydrogens is 414 g/mol. The fraction of sp³-hybridized carbons (Fsp3) is 0.458. The average molecular weight is 446 g/mol. The summed E-state index contributed by atoms with van der Waals surface area (Å²) in [5.74, 6) is -0.151. The van der Waals surface area contributed by atoms with Crippen molar-refractivity contribution in [3.8, 4) is 11.1 Å². The first-order chi connectivity index (χ1) is 15.4. The van der Waals surface area contributed by atoms with Crippen LogP contribution in [0.2, 0.25) is 0 Å². The minimum Gasteiger partial charge on any atom is -0.394 e. The molecule has 1 saturated heterocycles. The Kier molecular flexibility index (Phi) is 8.00. The van der Waals surface area contributed by atoms with Gasteiger partial charge in [0.05, 0.1) is 6.61 Å². The van der Waals surface area contributed by atoms with Crippen LogP contribution in [-0.2, 0) is 14.2 Å². The van der Waals surface area contributed by atoms with E-state index >= 15 is 0 Å². The Labute approximate surface area is 187 Å². The van der Waals surface area contributed by atoms with E-state index in [1.165, 1.54) is 14.2 Å². The van der Waals surface area contributed by atoms with E-state index in [4.69, 9.17) is 14.2 Å². The van der Waals surface area contributed by atoms with Crippen LogP contribution in [0.15, 0.2) is 42.5 Å². The van der Waals surface area contributed by atoms with Gasteiger partial charge in [-0.05, 0) is 41.3 Å². The lowest BCUT2D eigenvalue weighted by Crippen LogP contribution is -2.43. The SMILES string of the molecule is CNC(=O)c1cccc(-c2ccc(C(OC)[C@@H](OC)C3OC(CO)[C@@H](O)[C@@H]3O)cc2C)c1. The number of aliphatic hydroxyl groups excluding tert-OH is 3. The molecule has 8 nitrogen and oxygen atoms in total. The van der Waals surface area contributed by atoms with Gasteiger partial charge in [-0.2, -0.15) is 0 Å². The lowest BCUT2D eigenvalue weighted by atomic mass is 9.91. The number of hydrogen-bond acceptors (Lipinski definition) is 7. The lowest BCUT2D eigenvalue weighted by Gasteiger charge is -2.31. The van der Waals surface area contributed by atoms with Crippen LogP contribution in [0.1, 0.15) is 27.6 Å². The largest absolute Gasteiger partial charge is 0.394 e. The van der Waals surface area contributed by atoms with E-state index < -0.39 is 43.2 Å². The number of aliphatic hydroxyl groups is 3. The fourth-order valence-corrected chi connectivity index (χ4v) is 4.25. The minimum atomic E-state index is -1.22. The van der Waals surface area contributed by atoms with Gasteiger partial charge < -0.3 is 34.8 Å². The first kappa shape index (κ1) is 24.3. The van der Waals surface area contributed by atoms with Crippen molar-refractivity contribution >= 4 is 5.91 Å². The monoisotopic (exact) mass is 445 g/mol. The topological polar surface area (TPSA) is 117 Å². The van der Waals surface area contributed by atoms with E-state index in [2.05, 4.69) is 5.32 Å². The van der Waals surface area contributed by atoms with E-state index in [-0.39, 0.29) is 5.91 Å². The van der Waals surface area contributed by atoms with Crippen molar-refractivity contribution in [3.05, 3.63) is 59.2 Å². The van der Waals surface area contributed by atoms with E-state index in [0.29, 0.717) is 5.56 Å². The van der Waals surface area contributed by atoms with Gasteiger partial charge in [-0.25, -0.2) is 0 Å². The summed E-state index contributed by atoms with van der Waals surface area (Å²) in [5, 5.41) is 32.6. The van der Waals surface area contributed by atoms with Gasteiger partial charge >= 0.3 is 0 Å². The zero-order valence-electron chi connectivity index (χ0n) is 18.7. The molecule has 1 fully saturated rings. The van der Waals surface area contributed by atoms with Crippen molar-refractivity contribution in [2.75, 3.05) is 27.9 Å². The molecule has 32 heavy (non-hydrogen) atoms. The number of carbonyl (C=O) groups is 1. The van der Waals surface area contributed by atoms with Crippen LogP contribution in [0.25, 0.3) is 11.1 Å². The highest BCUT2D eigenvalue weighted by molar-refractivity contribution is 5.95. The maximum atomic E-state index is 12.0. The van der Waals surface area contributed by atoms with Crippen molar-refractivity contribution in [1.29, 1.82) is 0 Å². The Balaban J connectivity index is 1.90. The van der Waals surface area contributed by atoms with Crippen LogP contribution >= 0.6 is 0 Å². The van der Waals surface area contributed by atoms with Crippen molar-refractivity contribution in [3.63, 3.8) is 0 Å². The maximum absolute atomic E-state index is 12.0. The third kappa shape index (κ3) is 4.71. The van der Waals surface area contributed by atoms with Crippen LogP contribution in [0.5, 0.6) is 0 Å². The third-order valence-electron chi connectivity index (χ3n) is 5.97. The second kappa shape index (κ2) is 10.5. The van der Waals surface area contributed by atoms with Gasteiger partial charge in [0.15, 0.2) is 0 Å². The van der Waals surface area contributed by atoms with Gasteiger partial charge in [0, 0.05) is 26.8 Å². The van der Waals surface area contributed by atoms with Crippen LogP contribution in [0.4, 0.5) is 0 Å². The second-order valence-corrected chi connectivity index (χ2v) is 7.89. The molecule has 0 radical (unpaired) electrons. The number of carbonyl (C=O) groups excluding carboxylic acids is 1. The summed E-state index contributed by atoms with van der Waals surface area (Å²) in [5.41, 5.74) is 4.23. The minimum absolute atomic E-state index is 0.151. The number of aryl methyl sites for hydroxylation is 1. The standard InChI is InChI=1S/C24H31NO7/c1-13-10-15(8-9-17(13)14-6-5-7-16(11-14)24(29)25-2)21(30-3)23(31-4)22-20(28)19(27)18(12-26)32-22/h5-11,18-23,26-28H,12H2,1-4H3,(H,25,29)/t18?,19-,20+,21?,22?,23-/m1/s1. The molecule has 0 spiro atoms. The maximum Gasteiger partial charge on any atom is 0.251 e. The summed E-state index contributed by atoms with van der Waals surface area (Å²) in [6, 6.07) is 13.2. The van der Waals surface area contributed by atoms with Gasteiger partial charge in [0.25, 0.3) is 5.91 Å². The Morgan fingerprint density at radius 3 is 2.44 bits per heavy atom. The molecule has 1 aliphatic heterocycles. The lowest BCUT2D eigenvalue weighted by molar-refractivity contribution is -0.137. The zero-order valence-corrected chi connectivity index (χ0v) is 18.7. The highest BCUT2D eigenvalue weighted by atomic mass is 16.6. The summed E-state index contributed by atoms with van der Waals surface area (Å²) in [7, 11) is 4.61. The molecule has 174 valence electrons. The molecule has 4 N–H and O–H groups in total. The van der Waals surface area contributed by atoms with Crippen molar-refractivity contribution in [1.82, 2.24) is 5.32 Å². The molecule has 1 amide bonds. The predicted octanol–water partition coefficient (Wildman–Crippen LogP) is 1.21. The van der Waals surface area contributed by atoms with E-state index in [0.717, 1.165) is 22.3 Å². The molecule has 6 atom stereocenters. The van der Waals surface area contributed by atoms with Gasteiger partial charge in [-0.1, -0.05) is 30.3 Å². The Morgan fingerprint density at radius 2 is 1.88 bits per heavy atom. The molecule has 8 heteroatoms. The number of ether oxygens (including phenoxy) is 3. The van der Waals surface area contributed by atoms with Crippen molar-refractivity contribution in [2.45, 2.75) is 43.5 Å². The Bertz CT molecular complexity index is 934. The second-order valence-electron chi connectivity index (χ2n) is 7.89. The summed E-state index contributed by atoms with van der Waals surface area (Å²) in [6.07, 6.45) is -5.50. The molecule has 2 aromatic carbocycles. The van der Waals surface area contributed by atoms with E-state index in [1.54, 1.807) is 13.1 Å².